The molecule has 2 N–H and O–H groups in total. The summed E-state index contributed by atoms with van der Waals surface area (Å²) in [6.45, 7) is 2.72. The van der Waals surface area contributed by atoms with E-state index in [1.54, 1.807) is 33.2 Å². The SMILES string of the molecule is Cc1cc(C(=O)N(C)C)cc(C(=O)N(CCc2cc(F)cc(F)c2)C[C@@H](O)CNCc2cccc(I)c2)c1. The van der Waals surface area contributed by atoms with Crippen molar-refractivity contribution in [3.05, 3.63) is 104 Å². The first kappa shape index (κ1) is 29.7. The second kappa shape index (κ2) is 13.8. The number of amides is 2. The third-order valence-corrected chi connectivity index (χ3v) is 6.56. The van der Waals surface area contributed by atoms with Crippen LogP contribution in [0.4, 0.5) is 8.78 Å². The quantitative estimate of drug-likeness (QED) is 0.307. The van der Waals surface area contributed by atoms with E-state index in [-0.39, 0.29) is 37.9 Å². The molecule has 38 heavy (non-hydrogen) atoms. The summed E-state index contributed by atoms with van der Waals surface area (Å²) in [5.74, 6) is -1.99. The van der Waals surface area contributed by atoms with Crippen LogP contribution in [0.25, 0.3) is 0 Å². The fourth-order valence-electron chi connectivity index (χ4n) is 4.11. The molecule has 3 aromatic carbocycles. The summed E-state index contributed by atoms with van der Waals surface area (Å²) in [5.41, 5.74) is 2.90. The second-order valence-corrected chi connectivity index (χ2v) is 10.7. The van der Waals surface area contributed by atoms with Crippen molar-refractivity contribution in [3.8, 4) is 0 Å². The average Bonchev–Trinajstić information content (AvgIpc) is 2.84. The zero-order valence-corrected chi connectivity index (χ0v) is 23.8. The van der Waals surface area contributed by atoms with E-state index in [2.05, 4.69) is 27.9 Å². The molecule has 0 bridgehead atoms. The second-order valence-electron chi connectivity index (χ2n) is 9.48. The van der Waals surface area contributed by atoms with Crippen molar-refractivity contribution in [2.75, 3.05) is 33.7 Å². The molecule has 3 rings (SSSR count). The fourth-order valence-corrected chi connectivity index (χ4v) is 4.72. The minimum atomic E-state index is -0.890. The van der Waals surface area contributed by atoms with Crippen molar-refractivity contribution in [1.29, 1.82) is 0 Å². The summed E-state index contributed by atoms with van der Waals surface area (Å²) in [7, 11) is 3.27. The van der Waals surface area contributed by atoms with Gasteiger partial charge in [0.05, 0.1) is 6.10 Å². The van der Waals surface area contributed by atoms with Crippen molar-refractivity contribution in [1.82, 2.24) is 15.1 Å². The molecule has 0 unspecified atom stereocenters. The van der Waals surface area contributed by atoms with Crippen molar-refractivity contribution in [2.24, 2.45) is 0 Å². The van der Waals surface area contributed by atoms with Gasteiger partial charge in [0, 0.05) is 61.0 Å². The van der Waals surface area contributed by atoms with Crippen LogP contribution in [-0.4, -0.2) is 66.6 Å². The van der Waals surface area contributed by atoms with E-state index in [1.165, 1.54) is 28.0 Å². The molecule has 0 spiro atoms. The number of rotatable bonds is 11. The van der Waals surface area contributed by atoms with Crippen LogP contribution in [0.15, 0.2) is 60.7 Å². The van der Waals surface area contributed by atoms with E-state index in [1.807, 2.05) is 24.3 Å². The third-order valence-electron chi connectivity index (χ3n) is 5.89. The highest BCUT2D eigenvalue weighted by molar-refractivity contribution is 14.1. The first-order chi connectivity index (χ1) is 18.0. The molecule has 0 aliphatic heterocycles. The van der Waals surface area contributed by atoms with E-state index in [4.69, 9.17) is 0 Å². The zero-order chi connectivity index (χ0) is 27.8. The lowest BCUT2D eigenvalue weighted by Crippen LogP contribution is -2.42. The highest BCUT2D eigenvalue weighted by Gasteiger charge is 2.21. The molecule has 0 aliphatic rings. The van der Waals surface area contributed by atoms with Crippen LogP contribution >= 0.6 is 22.6 Å². The molecule has 9 heteroatoms. The maximum absolute atomic E-state index is 13.7. The minimum Gasteiger partial charge on any atom is -0.390 e. The summed E-state index contributed by atoms with van der Waals surface area (Å²) < 4.78 is 28.5. The van der Waals surface area contributed by atoms with Crippen LogP contribution in [0, 0.1) is 22.1 Å². The van der Waals surface area contributed by atoms with Gasteiger partial charge in [0.15, 0.2) is 0 Å². The molecular formula is C29H32F2IN3O3. The summed E-state index contributed by atoms with van der Waals surface area (Å²) in [6.07, 6.45) is -0.697. The number of halogens is 3. The Balaban J connectivity index is 1.76. The van der Waals surface area contributed by atoms with Crippen LogP contribution in [-0.2, 0) is 13.0 Å². The van der Waals surface area contributed by atoms with Crippen molar-refractivity contribution in [2.45, 2.75) is 26.0 Å². The van der Waals surface area contributed by atoms with E-state index < -0.39 is 17.7 Å². The number of nitrogens with zero attached hydrogens (tertiary/aromatic N) is 2. The standard InChI is InChI=1S/C29H32F2IN3O3/c1-19-9-22(28(37)34(2)3)14-23(10-19)29(38)35(8-7-20-11-24(30)15-25(31)12-20)18-27(36)17-33-16-21-5-4-6-26(32)13-21/h4-6,9-15,27,33,36H,7-8,16-18H2,1-3H3/t27-/m0/s1. The van der Waals surface area contributed by atoms with Crippen LogP contribution in [0.3, 0.4) is 0 Å². The van der Waals surface area contributed by atoms with Crippen molar-refractivity contribution >= 4 is 34.4 Å². The number of benzene rings is 3. The summed E-state index contributed by atoms with van der Waals surface area (Å²) >= 11 is 2.24. The van der Waals surface area contributed by atoms with Gasteiger partial charge in [-0.2, -0.15) is 0 Å². The third kappa shape index (κ3) is 8.85. The van der Waals surface area contributed by atoms with E-state index in [0.29, 0.717) is 23.2 Å². The Bertz CT molecular complexity index is 1270. The molecule has 0 saturated heterocycles. The largest absolute Gasteiger partial charge is 0.390 e. The summed E-state index contributed by atoms with van der Waals surface area (Å²) in [6, 6.07) is 16.2. The number of hydrogen-bond acceptors (Lipinski definition) is 4. The molecule has 1 atom stereocenters. The average molecular weight is 635 g/mol. The molecule has 0 aromatic heterocycles. The highest BCUT2D eigenvalue weighted by atomic mass is 127. The smallest absolute Gasteiger partial charge is 0.253 e. The van der Waals surface area contributed by atoms with E-state index in [9.17, 15) is 23.5 Å². The first-order valence-electron chi connectivity index (χ1n) is 12.2. The lowest BCUT2D eigenvalue weighted by molar-refractivity contribution is 0.0624. The number of aryl methyl sites for hydroxylation is 1. The number of nitrogens with one attached hydrogen (secondary N) is 1. The van der Waals surface area contributed by atoms with Gasteiger partial charge in [-0.3, -0.25) is 9.59 Å². The van der Waals surface area contributed by atoms with Gasteiger partial charge in [0.1, 0.15) is 11.6 Å². The Labute approximate surface area is 235 Å². The lowest BCUT2D eigenvalue weighted by Gasteiger charge is -2.26. The molecule has 0 saturated carbocycles. The summed E-state index contributed by atoms with van der Waals surface area (Å²) in [4.78, 5) is 29.0. The molecule has 3 aromatic rings. The van der Waals surface area contributed by atoms with E-state index >= 15 is 0 Å². The number of carbonyl (C=O) groups is 2. The molecule has 0 heterocycles. The predicted octanol–water partition coefficient (Wildman–Crippen LogP) is 4.42. The minimum absolute atomic E-state index is 0.000851. The van der Waals surface area contributed by atoms with Gasteiger partial charge in [-0.15, -0.1) is 0 Å². The van der Waals surface area contributed by atoms with Crippen LogP contribution in [0.1, 0.15) is 37.4 Å². The van der Waals surface area contributed by atoms with E-state index in [0.717, 1.165) is 20.8 Å². The fraction of sp³-hybridized carbons (Fsp3) is 0.310. The molecule has 0 aliphatic carbocycles. The monoisotopic (exact) mass is 635 g/mol. The first-order valence-corrected chi connectivity index (χ1v) is 13.3. The molecule has 202 valence electrons. The van der Waals surface area contributed by atoms with Crippen molar-refractivity contribution in [3.63, 3.8) is 0 Å². The highest BCUT2D eigenvalue weighted by Crippen LogP contribution is 2.16. The predicted molar refractivity (Wildman–Crippen MR) is 152 cm³/mol. The Morgan fingerprint density at radius 1 is 0.947 bits per heavy atom. The maximum atomic E-state index is 13.7. The molecule has 0 radical (unpaired) electrons. The molecule has 0 fully saturated rings. The van der Waals surface area contributed by atoms with Gasteiger partial charge in [-0.05, 0) is 95.1 Å². The van der Waals surface area contributed by atoms with Gasteiger partial charge < -0.3 is 20.2 Å². The number of carbonyl (C=O) groups excluding carboxylic acids is 2. The summed E-state index contributed by atoms with van der Waals surface area (Å²) in [5, 5.41) is 14.0. The molecule has 2 amide bonds. The van der Waals surface area contributed by atoms with Crippen LogP contribution < -0.4 is 5.32 Å². The maximum Gasteiger partial charge on any atom is 0.253 e. The number of hydrogen-bond donors (Lipinski definition) is 2. The van der Waals surface area contributed by atoms with Gasteiger partial charge >= 0.3 is 0 Å². The van der Waals surface area contributed by atoms with Crippen LogP contribution in [0.2, 0.25) is 0 Å². The molecular weight excluding hydrogens is 603 g/mol. The van der Waals surface area contributed by atoms with Gasteiger partial charge in [0.25, 0.3) is 11.8 Å². The molecule has 6 nitrogen and oxygen atoms in total. The zero-order valence-electron chi connectivity index (χ0n) is 21.7. The number of aliphatic hydroxyl groups is 1. The van der Waals surface area contributed by atoms with Gasteiger partial charge in [-0.25, -0.2) is 8.78 Å². The number of aliphatic hydroxyl groups excluding tert-OH is 1. The van der Waals surface area contributed by atoms with Crippen molar-refractivity contribution < 1.29 is 23.5 Å². The Morgan fingerprint density at radius 2 is 1.61 bits per heavy atom. The Morgan fingerprint density at radius 3 is 2.24 bits per heavy atom. The normalized spacial score (nSPS) is 11.8. The van der Waals surface area contributed by atoms with Crippen LogP contribution in [0.5, 0.6) is 0 Å². The lowest BCUT2D eigenvalue weighted by atomic mass is 10.0. The van der Waals surface area contributed by atoms with Gasteiger partial charge in [0.2, 0.25) is 0 Å². The topological polar surface area (TPSA) is 72.9 Å². The Hall–Kier alpha value is -2.89. The van der Waals surface area contributed by atoms with Gasteiger partial charge in [-0.1, -0.05) is 12.1 Å². The Kier molecular flexibility index (Phi) is 10.7.